The second-order valence-electron chi connectivity index (χ2n) is 8.55. The maximum atomic E-state index is 13.3. The Morgan fingerprint density at radius 3 is 2.50 bits per heavy atom. The lowest BCUT2D eigenvalue weighted by molar-refractivity contribution is -0.123. The smallest absolute Gasteiger partial charge is 0.293 e. The zero-order chi connectivity index (χ0) is 26.6. The Morgan fingerprint density at radius 2 is 1.68 bits per heavy atom. The van der Waals surface area contributed by atoms with Crippen LogP contribution in [0.4, 0.5) is 4.79 Å². The number of carbonyl (C=O) groups is 2. The van der Waals surface area contributed by atoms with E-state index in [1.165, 1.54) is 4.90 Å². The first kappa shape index (κ1) is 26.6. The highest BCUT2D eigenvalue weighted by atomic mass is 127. The van der Waals surface area contributed by atoms with Crippen LogP contribution in [0.15, 0.2) is 83.8 Å². The van der Waals surface area contributed by atoms with Gasteiger partial charge in [-0.1, -0.05) is 72.3 Å². The van der Waals surface area contributed by atoms with Crippen LogP contribution in [-0.4, -0.2) is 22.7 Å². The lowest BCUT2D eigenvalue weighted by Gasteiger charge is -2.15. The van der Waals surface area contributed by atoms with Crippen molar-refractivity contribution in [3.05, 3.63) is 109 Å². The van der Waals surface area contributed by atoms with Gasteiger partial charge in [-0.05, 0) is 87.5 Å². The molecule has 38 heavy (non-hydrogen) atoms. The van der Waals surface area contributed by atoms with Crippen LogP contribution >= 0.6 is 46.0 Å². The number of benzene rings is 4. The van der Waals surface area contributed by atoms with Crippen LogP contribution in [0, 0.1) is 3.57 Å². The van der Waals surface area contributed by atoms with Gasteiger partial charge in [0.2, 0.25) is 0 Å². The standard InChI is InChI=1S/C30H23ClINO4S/c1-2-36-26-15-19(14-25(32)28(26)37-18-22-9-4-6-13-24(22)31)16-27-29(34)33(30(35)38-27)17-21-11-7-10-20-8-3-5-12-23(20)21/h3-16H,2,17-18H2,1H3/b27-16-. The monoisotopic (exact) mass is 655 g/mol. The first-order valence-corrected chi connectivity index (χ1v) is 14.3. The van der Waals surface area contributed by atoms with Gasteiger partial charge in [0.15, 0.2) is 11.5 Å². The van der Waals surface area contributed by atoms with Crippen LogP contribution in [0.1, 0.15) is 23.6 Å². The predicted octanol–water partition coefficient (Wildman–Crippen LogP) is 8.31. The molecule has 1 aliphatic heterocycles. The first-order chi connectivity index (χ1) is 18.4. The molecular weight excluding hydrogens is 633 g/mol. The van der Waals surface area contributed by atoms with Crippen LogP contribution in [0.5, 0.6) is 11.5 Å². The number of fused-ring (bicyclic) bond motifs is 1. The second kappa shape index (κ2) is 11.8. The number of nitrogens with zero attached hydrogens (tertiary/aromatic N) is 1. The van der Waals surface area contributed by atoms with Crippen LogP contribution in [0.3, 0.4) is 0 Å². The van der Waals surface area contributed by atoms with Gasteiger partial charge < -0.3 is 9.47 Å². The van der Waals surface area contributed by atoms with E-state index < -0.39 is 0 Å². The van der Waals surface area contributed by atoms with E-state index in [1.54, 1.807) is 6.08 Å². The maximum Gasteiger partial charge on any atom is 0.293 e. The molecule has 4 aromatic rings. The summed E-state index contributed by atoms with van der Waals surface area (Å²) in [6.45, 7) is 2.86. The van der Waals surface area contributed by atoms with E-state index in [0.29, 0.717) is 34.6 Å². The molecule has 1 fully saturated rings. The van der Waals surface area contributed by atoms with Gasteiger partial charge >= 0.3 is 0 Å². The highest BCUT2D eigenvalue weighted by Gasteiger charge is 2.35. The number of carbonyl (C=O) groups excluding carboxylic acids is 2. The van der Waals surface area contributed by atoms with Crippen LogP contribution in [-0.2, 0) is 17.9 Å². The van der Waals surface area contributed by atoms with Crippen LogP contribution < -0.4 is 9.47 Å². The number of rotatable bonds is 8. The van der Waals surface area contributed by atoms with Gasteiger partial charge in [0.25, 0.3) is 11.1 Å². The Hall–Kier alpha value is -3.01. The molecule has 0 unspecified atom stereocenters. The maximum absolute atomic E-state index is 13.3. The summed E-state index contributed by atoms with van der Waals surface area (Å²) < 4.78 is 12.8. The molecule has 8 heteroatoms. The second-order valence-corrected chi connectivity index (χ2v) is 11.1. The average molecular weight is 656 g/mol. The molecule has 0 aliphatic carbocycles. The van der Waals surface area contributed by atoms with Crippen molar-refractivity contribution in [1.29, 1.82) is 0 Å². The Bertz CT molecular complexity index is 1570. The molecule has 1 heterocycles. The molecule has 0 atom stereocenters. The van der Waals surface area contributed by atoms with Gasteiger partial charge in [-0.25, -0.2) is 0 Å². The topological polar surface area (TPSA) is 55.8 Å². The minimum absolute atomic E-state index is 0.222. The zero-order valence-electron chi connectivity index (χ0n) is 20.4. The van der Waals surface area contributed by atoms with Crippen molar-refractivity contribution < 1.29 is 19.1 Å². The summed E-state index contributed by atoms with van der Waals surface area (Å²) in [4.78, 5) is 27.8. The molecule has 2 amide bonds. The number of imide groups is 1. The Balaban J connectivity index is 1.39. The summed E-state index contributed by atoms with van der Waals surface area (Å²) in [5.74, 6) is 0.862. The Kier molecular flexibility index (Phi) is 8.26. The van der Waals surface area contributed by atoms with Gasteiger partial charge in [-0.15, -0.1) is 0 Å². The van der Waals surface area contributed by atoms with E-state index in [4.69, 9.17) is 21.1 Å². The minimum atomic E-state index is -0.306. The van der Waals surface area contributed by atoms with E-state index in [9.17, 15) is 9.59 Å². The molecule has 0 spiro atoms. The molecule has 5 nitrogen and oxygen atoms in total. The molecule has 1 aliphatic rings. The molecule has 0 bridgehead atoms. The van der Waals surface area contributed by atoms with Gasteiger partial charge in [-0.2, -0.15) is 0 Å². The van der Waals surface area contributed by atoms with E-state index in [0.717, 1.165) is 42.8 Å². The molecule has 0 saturated carbocycles. The van der Waals surface area contributed by atoms with Gasteiger partial charge in [-0.3, -0.25) is 14.5 Å². The lowest BCUT2D eigenvalue weighted by atomic mass is 10.0. The van der Waals surface area contributed by atoms with Crippen molar-refractivity contribution in [1.82, 2.24) is 4.90 Å². The van der Waals surface area contributed by atoms with Gasteiger partial charge in [0.05, 0.1) is 21.6 Å². The fourth-order valence-corrected chi connectivity index (χ4v) is 6.04. The molecule has 1 saturated heterocycles. The van der Waals surface area contributed by atoms with E-state index in [2.05, 4.69) is 22.6 Å². The summed E-state index contributed by atoms with van der Waals surface area (Å²) >= 11 is 9.42. The van der Waals surface area contributed by atoms with Crippen LogP contribution in [0.25, 0.3) is 16.8 Å². The summed E-state index contributed by atoms with van der Waals surface area (Å²) in [6, 6.07) is 25.1. The third-order valence-corrected chi connectivity index (χ3v) is 8.12. The number of thioether (sulfide) groups is 1. The summed E-state index contributed by atoms with van der Waals surface area (Å²) in [6.07, 6.45) is 1.73. The number of hydrogen-bond donors (Lipinski definition) is 0. The molecule has 0 N–H and O–H groups in total. The number of halogens is 2. The lowest BCUT2D eigenvalue weighted by Crippen LogP contribution is -2.27. The highest BCUT2D eigenvalue weighted by Crippen LogP contribution is 2.38. The molecule has 0 radical (unpaired) electrons. The van der Waals surface area contributed by atoms with Crippen molar-refractivity contribution >= 4 is 73.9 Å². The number of ether oxygens (including phenoxy) is 2. The third-order valence-electron chi connectivity index (χ3n) is 6.04. The van der Waals surface area contributed by atoms with Crippen LogP contribution in [0.2, 0.25) is 5.02 Å². The molecule has 5 rings (SSSR count). The summed E-state index contributed by atoms with van der Waals surface area (Å²) in [7, 11) is 0. The normalized spacial score (nSPS) is 14.5. The quantitative estimate of drug-likeness (QED) is 0.141. The highest BCUT2D eigenvalue weighted by molar-refractivity contribution is 14.1. The van der Waals surface area contributed by atoms with Crippen molar-refractivity contribution in [2.24, 2.45) is 0 Å². The number of amides is 2. The summed E-state index contributed by atoms with van der Waals surface area (Å²) in [5, 5.41) is 2.45. The largest absolute Gasteiger partial charge is 0.490 e. The Morgan fingerprint density at radius 1 is 0.947 bits per heavy atom. The third kappa shape index (κ3) is 5.70. The van der Waals surface area contributed by atoms with Gasteiger partial charge in [0, 0.05) is 10.6 Å². The fraction of sp³-hybridized carbons (Fsp3) is 0.133. The van der Waals surface area contributed by atoms with Crippen molar-refractivity contribution in [3.63, 3.8) is 0 Å². The molecule has 192 valence electrons. The average Bonchev–Trinajstić information content (AvgIpc) is 3.16. The van der Waals surface area contributed by atoms with E-state index >= 15 is 0 Å². The zero-order valence-corrected chi connectivity index (χ0v) is 24.2. The predicted molar refractivity (Wildman–Crippen MR) is 162 cm³/mol. The summed E-state index contributed by atoms with van der Waals surface area (Å²) in [5.41, 5.74) is 2.55. The van der Waals surface area contributed by atoms with E-state index in [1.807, 2.05) is 85.8 Å². The fourth-order valence-electron chi connectivity index (χ4n) is 4.23. The van der Waals surface area contributed by atoms with Crippen molar-refractivity contribution in [2.75, 3.05) is 6.61 Å². The molecule has 0 aromatic heterocycles. The SMILES string of the molecule is CCOc1cc(/C=C2\SC(=O)N(Cc3cccc4ccccc34)C2=O)cc(I)c1OCc1ccccc1Cl. The minimum Gasteiger partial charge on any atom is -0.490 e. The number of hydrogen-bond acceptors (Lipinski definition) is 5. The first-order valence-electron chi connectivity index (χ1n) is 12.0. The van der Waals surface area contributed by atoms with Gasteiger partial charge in [0.1, 0.15) is 6.61 Å². The van der Waals surface area contributed by atoms with E-state index in [-0.39, 0.29) is 17.7 Å². The van der Waals surface area contributed by atoms with Crippen molar-refractivity contribution in [2.45, 2.75) is 20.1 Å². The molecule has 4 aromatic carbocycles. The van der Waals surface area contributed by atoms with Crippen molar-refractivity contribution in [3.8, 4) is 11.5 Å². The Labute approximate surface area is 243 Å². The molecular formula is C30H23ClINO4S.